The maximum absolute atomic E-state index is 11.5. The number of hydrogen-bond acceptors (Lipinski definition) is 4. The van der Waals surface area contributed by atoms with Crippen molar-refractivity contribution in [2.45, 2.75) is 5.25 Å². The molecular weight excluding hydrogens is 204 g/mol. The Hall–Kier alpha value is 0.130. The Morgan fingerprint density at radius 2 is 2.31 bits per heavy atom. The lowest BCUT2D eigenvalue weighted by atomic mass is 10.4. The molecule has 1 heterocycles. The van der Waals surface area contributed by atoms with Crippen molar-refractivity contribution in [3.05, 3.63) is 0 Å². The lowest BCUT2D eigenvalue weighted by Crippen LogP contribution is -2.38. The number of carbonyl (C=O) groups is 1. The van der Waals surface area contributed by atoms with Gasteiger partial charge in [0, 0.05) is 30.3 Å². The Morgan fingerprint density at radius 1 is 1.46 bits per heavy atom. The van der Waals surface area contributed by atoms with Crippen LogP contribution in [0.4, 0.5) is 0 Å². The third-order valence-corrected chi connectivity index (χ3v) is 4.54. The average molecular weight is 220 g/mol. The van der Waals surface area contributed by atoms with Crippen molar-refractivity contribution in [2.24, 2.45) is 0 Å². The topological polar surface area (TPSA) is 41.1 Å². The monoisotopic (exact) mass is 220 g/mol. The molecule has 0 aliphatic carbocycles. The molecule has 0 aromatic heterocycles. The molecular formula is C8H16N2OS2. The Bertz CT molecular complexity index is 160. The van der Waals surface area contributed by atoms with E-state index in [0.717, 1.165) is 24.6 Å². The summed E-state index contributed by atoms with van der Waals surface area (Å²) >= 11 is 3.65. The third kappa shape index (κ3) is 4.24. The summed E-state index contributed by atoms with van der Waals surface area (Å²) in [5.74, 6) is 3.46. The molecule has 1 aliphatic heterocycles. The molecule has 0 bridgehead atoms. The van der Waals surface area contributed by atoms with E-state index >= 15 is 0 Å². The van der Waals surface area contributed by atoms with Gasteiger partial charge in [0.15, 0.2) is 0 Å². The highest BCUT2D eigenvalue weighted by Crippen LogP contribution is 2.23. The summed E-state index contributed by atoms with van der Waals surface area (Å²) in [5.41, 5.74) is 0. The van der Waals surface area contributed by atoms with E-state index in [2.05, 4.69) is 10.6 Å². The fourth-order valence-electron chi connectivity index (χ4n) is 1.06. The van der Waals surface area contributed by atoms with E-state index in [1.807, 2.05) is 18.8 Å². The van der Waals surface area contributed by atoms with Gasteiger partial charge in [-0.1, -0.05) is 0 Å². The van der Waals surface area contributed by atoms with E-state index < -0.39 is 0 Å². The van der Waals surface area contributed by atoms with Crippen molar-refractivity contribution in [2.75, 3.05) is 37.4 Å². The smallest absolute Gasteiger partial charge is 0.234 e. The fraction of sp³-hybridized carbons (Fsp3) is 0.875. The molecule has 1 atom stereocenters. The minimum absolute atomic E-state index is 0.176. The van der Waals surface area contributed by atoms with E-state index in [0.29, 0.717) is 0 Å². The van der Waals surface area contributed by atoms with Crippen LogP contribution in [0, 0.1) is 0 Å². The van der Waals surface area contributed by atoms with Crippen LogP contribution in [0.2, 0.25) is 0 Å². The highest BCUT2D eigenvalue weighted by Gasteiger charge is 2.21. The van der Waals surface area contributed by atoms with Crippen LogP contribution in [0.15, 0.2) is 0 Å². The summed E-state index contributed by atoms with van der Waals surface area (Å²) in [7, 11) is 1.89. The minimum atomic E-state index is 0.176. The molecule has 76 valence electrons. The molecule has 1 saturated heterocycles. The van der Waals surface area contributed by atoms with Crippen LogP contribution in [-0.2, 0) is 4.79 Å². The summed E-state index contributed by atoms with van der Waals surface area (Å²) in [5, 5.41) is 6.09. The predicted octanol–water partition coefficient (Wildman–Crippen LogP) is 0.171. The zero-order valence-electron chi connectivity index (χ0n) is 7.84. The molecule has 0 aromatic carbocycles. The van der Waals surface area contributed by atoms with Gasteiger partial charge in [-0.25, -0.2) is 0 Å². The number of likely N-dealkylation sites (N-methyl/N-ethyl adjacent to an activating group) is 1. The minimum Gasteiger partial charge on any atom is -0.354 e. The molecule has 1 unspecified atom stereocenters. The molecule has 1 rings (SSSR count). The lowest BCUT2D eigenvalue weighted by molar-refractivity contribution is -0.120. The van der Waals surface area contributed by atoms with Gasteiger partial charge in [-0.2, -0.15) is 11.8 Å². The lowest BCUT2D eigenvalue weighted by Gasteiger charge is -2.19. The maximum atomic E-state index is 11.5. The van der Waals surface area contributed by atoms with Crippen LogP contribution in [0.1, 0.15) is 0 Å². The second-order valence-electron chi connectivity index (χ2n) is 2.83. The number of hydrogen-bond donors (Lipinski definition) is 2. The molecule has 1 fully saturated rings. The SMILES string of the molecule is CNCCNC(=O)C1CSCCS1. The molecule has 2 N–H and O–H groups in total. The maximum Gasteiger partial charge on any atom is 0.234 e. The molecule has 3 nitrogen and oxygen atoms in total. The molecule has 0 radical (unpaired) electrons. The van der Waals surface area contributed by atoms with Crippen molar-refractivity contribution < 1.29 is 4.79 Å². The van der Waals surface area contributed by atoms with Gasteiger partial charge < -0.3 is 10.6 Å². The van der Waals surface area contributed by atoms with Crippen LogP contribution in [-0.4, -0.2) is 48.6 Å². The summed E-state index contributed by atoms with van der Waals surface area (Å²) in [4.78, 5) is 11.5. The summed E-state index contributed by atoms with van der Waals surface area (Å²) in [6, 6.07) is 0. The number of amides is 1. The summed E-state index contributed by atoms with van der Waals surface area (Å²) in [6.45, 7) is 1.58. The number of rotatable bonds is 4. The molecule has 0 aromatic rings. The van der Waals surface area contributed by atoms with Crippen molar-refractivity contribution >= 4 is 29.4 Å². The second-order valence-corrected chi connectivity index (χ2v) is 5.29. The fourth-order valence-corrected chi connectivity index (χ4v) is 3.64. The van der Waals surface area contributed by atoms with Crippen molar-refractivity contribution in [3.63, 3.8) is 0 Å². The van der Waals surface area contributed by atoms with Crippen LogP contribution < -0.4 is 10.6 Å². The quantitative estimate of drug-likeness (QED) is 0.663. The summed E-state index contributed by atoms with van der Waals surface area (Å²) in [6.07, 6.45) is 0. The zero-order chi connectivity index (χ0) is 9.52. The number of carbonyl (C=O) groups excluding carboxylic acids is 1. The Labute approximate surface area is 87.8 Å². The molecule has 1 amide bonds. The Kier molecular flexibility index (Phi) is 5.66. The van der Waals surface area contributed by atoms with E-state index in [1.165, 1.54) is 5.75 Å². The first-order valence-electron chi connectivity index (χ1n) is 4.46. The molecule has 13 heavy (non-hydrogen) atoms. The van der Waals surface area contributed by atoms with Crippen molar-refractivity contribution in [3.8, 4) is 0 Å². The van der Waals surface area contributed by atoms with E-state index in [9.17, 15) is 4.79 Å². The highest BCUT2D eigenvalue weighted by molar-refractivity contribution is 8.07. The van der Waals surface area contributed by atoms with Gasteiger partial charge in [-0.3, -0.25) is 4.79 Å². The van der Waals surface area contributed by atoms with Crippen molar-refractivity contribution in [1.82, 2.24) is 10.6 Å². The van der Waals surface area contributed by atoms with Gasteiger partial charge in [0.1, 0.15) is 0 Å². The zero-order valence-corrected chi connectivity index (χ0v) is 9.47. The van der Waals surface area contributed by atoms with Crippen LogP contribution in [0.3, 0.4) is 0 Å². The molecule has 1 aliphatic rings. The molecule has 0 saturated carbocycles. The average Bonchev–Trinajstić information content (AvgIpc) is 2.19. The number of thioether (sulfide) groups is 2. The molecule has 5 heteroatoms. The van der Waals surface area contributed by atoms with Gasteiger partial charge in [0.25, 0.3) is 0 Å². The first-order valence-corrected chi connectivity index (χ1v) is 6.66. The van der Waals surface area contributed by atoms with Gasteiger partial charge >= 0.3 is 0 Å². The van der Waals surface area contributed by atoms with Gasteiger partial charge in [0.05, 0.1) is 5.25 Å². The Balaban J connectivity index is 2.13. The van der Waals surface area contributed by atoms with E-state index in [4.69, 9.17) is 0 Å². The summed E-state index contributed by atoms with van der Waals surface area (Å²) < 4.78 is 0. The molecule has 0 spiro atoms. The second kappa shape index (κ2) is 6.56. The Morgan fingerprint density at radius 3 is 2.92 bits per heavy atom. The van der Waals surface area contributed by atoms with Crippen LogP contribution in [0.5, 0.6) is 0 Å². The van der Waals surface area contributed by atoms with E-state index in [-0.39, 0.29) is 11.2 Å². The first kappa shape index (κ1) is 11.2. The van der Waals surface area contributed by atoms with Gasteiger partial charge in [-0.15, -0.1) is 11.8 Å². The van der Waals surface area contributed by atoms with Gasteiger partial charge in [0.2, 0.25) is 5.91 Å². The van der Waals surface area contributed by atoms with Gasteiger partial charge in [-0.05, 0) is 7.05 Å². The predicted molar refractivity (Wildman–Crippen MR) is 60.5 cm³/mol. The highest BCUT2D eigenvalue weighted by atomic mass is 32.2. The standard InChI is InChI=1S/C8H16N2OS2/c1-9-2-3-10-8(11)7-6-12-4-5-13-7/h7,9H,2-6H2,1H3,(H,10,11). The first-order chi connectivity index (χ1) is 6.34. The van der Waals surface area contributed by atoms with Crippen molar-refractivity contribution in [1.29, 1.82) is 0 Å². The third-order valence-electron chi connectivity index (χ3n) is 1.78. The normalized spacial score (nSPS) is 22.7. The van der Waals surface area contributed by atoms with Crippen LogP contribution >= 0.6 is 23.5 Å². The van der Waals surface area contributed by atoms with Crippen LogP contribution in [0.25, 0.3) is 0 Å². The largest absolute Gasteiger partial charge is 0.354 e. The van der Waals surface area contributed by atoms with E-state index in [1.54, 1.807) is 11.8 Å². The number of nitrogens with one attached hydrogen (secondary N) is 2.